The molecule has 1 fully saturated rings. The number of piperazine rings is 1. The van der Waals surface area contributed by atoms with E-state index in [1.54, 1.807) is 54.1 Å². The highest BCUT2D eigenvalue weighted by molar-refractivity contribution is 7.89. The summed E-state index contributed by atoms with van der Waals surface area (Å²) in [4.78, 5) is 22.2. The van der Waals surface area contributed by atoms with Crippen molar-refractivity contribution in [3.05, 3.63) is 42.0 Å². The highest BCUT2D eigenvalue weighted by Gasteiger charge is 2.27. The number of hydrogen-bond donors (Lipinski definition) is 0. The second-order valence-electron chi connectivity index (χ2n) is 9.56. The minimum atomic E-state index is -3.59. The summed E-state index contributed by atoms with van der Waals surface area (Å²) in [5.41, 5.74) is 1.27. The van der Waals surface area contributed by atoms with Crippen LogP contribution in [0.2, 0.25) is 0 Å². The number of sulfonamides is 1. The zero-order valence-electron chi connectivity index (χ0n) is 23.2. The SMILES string of the molecule is CCCCN(CCCC)S(=O)(=O)c1ccc(C(=O)N2CCN(c3nc4c(OC)c(OC)ccc4s3)CC2)cc1. The van der Waals surface area contributed by atoms with Gasteiger partial charge in [-0.1, -0.05) is 38.0 Å². The van der Waals surface area contributed by atoms with Crippen molar-refractivity contribution in [2.75, 3.05) is 58.4 Å². The van der Waals surface area contributed by atoms with Crippen LogP contribution in [0.4, 0.5) is 5.13 Å². The molecule has 0 saturated carbocycles. The van der Waals surface area contributed by atoms with Crippen molar-refractivity contribution in [3.63, 3.8) is 0 Å². The molecule has 1 aliphatic rings. The van der Waals surface area contributed by atoms with Gasteiger partial charge < -0.3 is 19.3 Å². The summed E-state index contributed by atoms with van der Waals surface area (Å²) in [7, 11) is -0.377. The number of methoxy groups -OCH3 is 2. The van der Waals surface area contributed by atoms with Crippen LogP contribution >= 0.6 is 11.3 Å². The monoisotopic (exact) mass is 574 g/mol. The Kier molecular flexibility index (Phi) is 9.68. The summed E-state index contributed by atoms with van der Waals surface area (Å²) in [5, 5.41) is 0.883. The number of benzene rings is 2. The predicted octanol–water partition coefficient (Wildman–Crippen LogP) is 4.87. The van der Waals surface area contributed by atoms with Crippen molar-refractivity contribution < 1.29 is 22.7 Å². The normalized spacial score (nSPS) is 14.3. The molecule has 39 heavy (non-hydrogen) atoms. The van der Waals surface area contributed by atoms with Crippen LogP contribution in [0.1, 0.15) is 49.9 Å². The van der Waals surface area contributed by atoms with Crippen LogP contribution in [0.15, 0.2) is 41.3 Å². The molecule has 0 radical (unpaired) electrons. The largest absolute Gasteiger partial charge is 0.493 e. The van der Waals surface area contributed by atoms with Gasteiger partial charge in [-0.15, -0.1) is 0 Å². The molecule has 9 nitrogen and oxygen atoms in total. The van der Waals surface area contributed by atoms with E-state index in [4.69, 9.17) is 14.5 Å². The van der Waals surface area contributed by atoms with Crippen LogP contribution in [-0.2, 0) is 10.0 Å². The summed E-state index contributed by atoms with van der Waals surface area (Å²) in [6, 6.07) is 10.2. The zero-order chi connectivity index (χ0) is 28.0. The Morgan fingerprint density at radius 2 is 1.59 bits per heavy atom. The average molecular weight is 575 g/mol. The topological polar surface area (TPSA) is 92.3 Å². The van der Waals surface area contributed by atoms with Crippen molar-refractivity contribution >= 4 is 42.6 Å². The molecule has 1 aromatic heterocycles. The third-order valence-corrected chi connectivity index (χ3v) is 9.98. The van der Waals surface area contributed by atoms with Gasteiger partial charge in [0.15, 0.2) is 16.6 Å². The van der Waals surface area contributed by atoms with Crippen LogP contribution in [-0.4, -0.2) is 82.0 Å². The van der Waals surface area contributed by atoms with Gasteiger partial charge in [0, 0.05) is 44.8 Å². The van der Waals surface area contributed by atoms with Gasteiger partial charge in [-0.25, -0.2) is 13.4 Å². The van der Waals surface area contributed by atoms with Crippen molar-refractivity contribution in [2.45, 2.75) is 44.4 Å². The summed E-state index contributed by atoms with van der Waals surface area (Å²) in [6.45, 7) is 7.55. The molecule has 2 heterocycles. The first-order valence-corrected chi connectivity index (χ1v) is 15.8. The maximum atomic E-state index is 13.2. The lowest BCUT2D eigenvalue weighted by Gasteiger charge is -2.34. The van der Waals surface area contributed by atoms with Crippen molar-refractivity contribution in [2.24, 2.45) is 0 Å². The predicted molar refractivity (Wildman–Crippen MR) is 156 cm³/mol. The fraction of sp³-hybridized carbons (Fsp3) is 0.500. The first-order valence-electron chi connectivity index (χ1n) is 13.5. The van der Waals surface area contributed by atoms with Gasteiger partial charge >= 0.3 is 0 Å². The third kappa shape index (κ3) is 6.31. The first-order chi connectivity index (χ1) is 18.8. The van der Waals surface area contributed by atoms with E-state index in [0.29, 0.717) is 56.3 Å². The molecular weight excluding hydrogens is 536 g/mol. The number of fused-ring (bicyclic) bond motifs is 1. The summed E-state index contributed by atoms with van der Waals surface area (Å²) < 4.78 is 40.0. The molecular formula is C28H38N4O5S2. The maximum absolute atomic E-state index is 13.2. The zero-order valence-corrected chi connectivity index (χ0v) is 24.8. The molecule has 11 heteroatoms. The maximum Gasteiger partial charge on any atom is 0.253 e. The number of carbonyl (C=O) groups excluding carboxylic acids is 1. The number of aromatic nitrogens is 1. The van der Waals surface area contributed by atoms with Crippen LogP contribution in [0.3, 0.4) is 0 Å². The van der Waals surface area contributed by atoms with Gasteiger partial charge in [0.1, 0.15) is 5.52 Å². The molecule has 0 atom stereocenters. The van der Waals surface area contributed by atoms with Crippen molar-refractivity contribution in [1.82, 2.24) is 14.2 Å². The van der Waals surface area contributed by atoms with Gasteiger partial charge in [0.2, 0.25) is 10.0 Å². The molecule has 0 aliphatic carbocycles. The average Bonchev–Trinajstić information content (AvgIpc) is 3.41. The molecule has 1 amide bonds. The molecule has 1 saturated heterocycles. The van der Waals surface area contributed by atoms with Crippen LogP contribution < -0.4 is 14.4 Å². The lowest BCUT2D eigenvalue weighted by atomic mass is 10.2. The Hall–Kier alpha value is -2.89. The number of ether oxygens (including phenoxy) is 2. The summed E-state index contributed by atoms with van der Waals surface area (Å²) in [5.74, 6) is 1.17. The lowest BCUT2D eigenvalue weighted by molar-refractivity contribution is 0.0746. The summed E-state index contributed by atoms with van der Waals surface area (Å²) in [6.07, 6.45) is 3.51. The number of hydrogen-bond acceptors (Lipinski definition) is 8. The minimum absolute atomic E-state index is 0.0943. The van der Waals surface area contributed by atoms with E-state index in [1.165, 1.54) is 0 Å². The number of unbranched alkanes of at least 4 members (excludes halogenated alkanes) is 2. The van der Waals surface area contributed by atoms with E-state index in [0.717, 1.165) is 41.0 Å². The van der Waals surface area contributed by atoms with E-state index in [2.05, 4.69) is 18.7 Å². The number of nitrogens with zero attached hydrogens (tertiary/aromatic N) is 4. The van der Waals surface area contributed by atoms with E-state index in [9.17, 15) is 13.2 Å². The van der Waals surface area contributed by atoms with Gasteiger partial charge in [-0.3, -0.25) is 4.79 Å². The molecule has 0 bridgehead atoms. The molecule has 1 aliphatic heterocycles. The third-order valence-electron chi connectivity index (χ3n) is 6.99. The van der Waals surface area contributed by atoms with E-state index in [-0.39, 0.29) is 10.8 Å². The Balaban J connectivity index is 1.41. The minimum Gasteiger partial charge on any atom is -0.493 e. The van der Waals surface area contributed by atoms with Gasteiger partial charge in [-0.2, -0.15) is 4.31 Å². The quantitative estimate of drug-likeness (QED) is 0.305. The molecule has 4 rings (SSSR count). The molecule has 0 spiro atoms. The Morgan fingerprint density at radius 3 is 2.15 bits per heavy atom. The number of anilines is 1. The Morgan fingerprint density at radius 1 is 0.949 bits per heavy atom. The highest BCUT2D eigenvalue weighted by Crippen LogP contribution is 2.40. The molecule has 0 N–H and O–H groups in total. The lowest BCUT2D eigenvalue weighted by Crippen LogP contribution is -2.48. The molecule has 2 aromatic carbocycles. The fourth-order valence-corrected chi connectivity index (χ4v) is 7.19. The van der Waals surface area contributed by atoms with Gasteiger partial charge in [-0.05, 0) is 49.2 Å². The van der Waals surface area contributed by atoms with E-state index >= 15 is 0 Å². The number of carbonyl (C=O) groups is 1. The smallest absolute Gasteiger partial charge is 0.253 e. The first kappa shape index (κ1) is 29.1. The standard InChI is InChI=1S/C28H38N4O5S2/c1-5-7-15-32(16-8-6-2)39(34,35)22-11-9-21(10-12-22)27(33)30-17-19-31(20-18-30)28-29-25-24(38-28)14-13-23(36-3)26(25)37-4/h9-14H,5-8,15-20H2,1-4H3. The fourth-order valence-electron chi connectivity index (χ4n) is 4.66. The van der Waals surface area contributed by atoms with E-state index < -0.39 is 10.0 Å². The number of amides is 1. The molecule has 3 aromatic rings. The second-order valence-corrected chi connectivity index (χ2v) is 12.5. The van der Waals surface area contributed by atoms with Crippen LogP contribution in [0, 0.1) is 0 Å². The van der Waals surface area contributed by atoms with Gasteiger partial charge in [0.25, 0.3) is 5.91 Å². The van der Waals surface area contributed by atoms with Crippen molar-refractivity contribution in [1.29, 1.82) is 0 Å². The Bertz CT molecular complexity index is 1360. The molecule has 212 valence electrons. The van der Waals surface area contributed by atoms with Crippen LogP contribution in [0.5, 0.6) is 11.5 Å². The van der Waals surface area contributed by atoms with Crippen LogP contribution in [0.25, 0.3) is 10.2 Å². The summed E-state index contributed by atoms with van der Waals surface area (Å²) >= 11 is 1.59. The highest BCUT2D eigenvalue weighted by atomic mass is 32.2. The Labute approximate surface area is 235 Å². The van der Waals surface area contributed by atoms with Crippen molar-refractivity contribution in [3.8, 4) is 11.5 Å². The van der Waals surface area contributed by atoms with E-state index in [1.807, 2.05) is 17.0 Å². The number of thiazole rings is 1. The number of rotatable bonds is 12. The second kappa shape index (κ2) is 13.0. The van der Waals surface area contributed by atoms with Gasteiger partial charge in [0.05, 0.1) is 23.8 Å². The molecule has 0 unspecified atom stereocenters.